The zero-order chi connectivity index (χ0) is 24.1. The Morgan fingerprint density at radius 3 is 2.47 bits per heavy atom. The first kappa shape index (κ1) is 22.9. The van der Waals surface area contributed by atoms with E-state index < -0.39 is 5.60 Å². The molecule has 2 saturated heterocycles. The molecule has 0 bridgehead atoms. The molecule has 1 aliphatic carbocycles. The second-order valence-electron chi connectivity index (χ2n) is 10.9. The Bertz CT molecular complexity index is 1090. The van der Waals surface area contributed by atoms with Crippen LogP contribution in [0, 0.1) is 15.5 Å². The summed E-state index contributed by atoms with van der Waals surface area (Å²) in [6.07, 6.45) is 5.68. The number of rotatable bonds is 3. The van der Waals surface area contributed by atoms with Crippen molar-refractivity contribution >= 4 is 28.4 Å². The van der Waals surface area contributed by atoms with Gasteiger partial charge in [0.25, 0.3) is 5.69 Å². The van der Waals surface area contributed by atoms with Gasteiger partial charge in [0.2, 0.25) is 0 Å². The van der Waals surface area contributed by atoms with Crippen molar-refractivity contribution in [3.8, 4) is 0 Å². The molecule has 34 heavy (non-hydrogen) atoms. The highest BCUT2D eigenvalue weighted by molar-refractivity contribution is 5.87. The molecule has 0 atom stereocenters. The lowest BCUT2D eigenvalue weighted by Gasteiger charge is -2.52. The van der Waals surface area contributed by atoms with E-state index in [-0.39, 0.29) is 28.2 Å². The molecule has 1 amide bonds. The van der Waals surface area contributed by atoms with E-state index in [1.165, 1.54) is 0 Å². The van der Waals surface area contributed by atoms with Crippen LogP contribution >= 0.6 is 0 Å². The zero-order valence-corrected chi connectivity index (χ0v) is 20.2. The summed E-state index contributed by atoms with van der Waals surface area (Å²) in [7, 11) is 0. The summed E-state index contributed by atoms with van der Waals surface area (Å²) in [5.41, 5.74) is 1.28. The van der Waals surface area contributed by atoms with Gasteiger partial charge in [0.1, 0.15) is 11.3 Å². The van der Waals surface area contributed by atoms with Crippen LogP contribution in [0.2, 0.25) is 0 Å². The fourth-order valence-corrected chi connectivity index (χ4v) is 5.48. The highest BCUT2D eigenvalue weighted by atomic mass is 16.6. The van der Waals surface area contributed by atoms with Crippen LogP contribution < -0.4 is 4.90 Å². The summed E-state index contributed by atoms with van der Waals surface area (Å²) < 4.78 is 12.9. The molecule has 10 nitrogen and oxygen atoms in total. The maximum Gasteiger partial charge on any atom is 0.410 e. The number of nitro benzene ring substituents is 1. The van der Waals surface area contributed by atoms with Gasteiger partial charge in [-0.25, -0.2) is 4.79 Å². The minimum Gasteiger partial charge on any atom is -0.444 e. The monoisotopic (exact) mass is 471 g/mol. The van der Waals surface area contributed by atoms with Crippen molar-refractivity contribution in [2.45, 2.75) is 58.1 Å². The molecule has 1 saturated carbocycles. The van der Waals surface area contributed by atoms with E-state index >= 15 is 0 Å². The molecule has 3 fully saturated rings. The molecule has 0 N–H and O–H groups in total. The lowest BCUT2D eigenvalue weighted by Crippen LogP contribution is -2.50. The minimum atomic E-state index is -0.480. The summed E-state index contributed by atoms with van der Waals surface area (Å²) in [6, 6.07) is 3.78. The van der Waals surface area contributed by atoms with Gasteiger partial charge in [0, 0.05) is 43.8 Å². The first-order chi connectivity index (χ1) is 16.1. The third-order valence-electron chi connectivity index (χ3n) is 7.35. The predicted octanol–water partition coefficient (Wildman–Crippen LogP) is 4.13. The molecule has 10 heteroatoms. The molecule has 1 aromatic carbocycles. The van der Waals surface area contributed by atoms with Crippen LogP contribution in [0.3, 0.4) is 0 Å². The van der Waals surface area contributed by atoms with E-state index in [1.807, 2.05) is 47.5 Å². The number of hydrogen-bond acceptors (Lipinski definition) is 7. The number of nitrogens with zero attached hydrogens (tertiary/aromatic N) is 5. The Morgan fingerprint density at radius 1 is 1.18 bits per heavy atom. The second kappa shape index (κ2) is 8.41. The van der Waals surface area contributed by atoms with Crippen molar-refractivity contribution in [2.75, 3.05) is 44.3 Å². The Labute approximate surface area is 198 Å². The number of aromatic nitrogens is 2. The van der Waals surface area contributed by atoms with E-state index in [0.717, 1.165) is 49.7 Å². The third-order valence-corrected chi connectivity index (χ3v) is 7.35. The van der Waals surface area contributed by atoms with Crippen LogP contribution in [0.25, 0.3) is 10.9 Å². The largest absolute Gasteiger partial charge is 0.444 e. The molecule has 0 unspecified atom stereocenters. The number of likely N-dealkylation sites (tertiary alicyclic amines) is 1. The first-order valence-electron chi connectivity index (χ1n) is 12.1. The van der Waals surface area contributed by atoms with Gasteiger partial charge in [0.05, 0.1) is 29.7 Å². The Balaban J connectivity index is 1.26. The maximum atomic E-state index is 12.4. The van der Waals surface area contributed by atoms with E-state index in [1.54, 1.807) is 6.07 Å². The van der Waals surface area contributed by atoms with Crippen LogP contribution in [0.5, 0.6) is 0 Å². The van der Waals surface area contributed by atoms with E-state index in [4.69, 9.17) is 14.6 Å². The van der Waals surface area contributed by atoms with Crippen LogP contribution in [-0.4, -0.2) is 70.7 Å². The highest BCUT2D eigenvalue weighted by Gasteiger charge is 2.47. The van der Waals surface area contributed by atoms with Gasteiger partial charge < -0.3 is 19.3 Å². The van der Waals surface area contributed by atoms with Gasteiger partial charge in [0.15, 0.2) is 0 Å². The Morgan fingerprint density at radius 2 is 1.85 bits per heavy atom. The normalized spacial score (nSPS) is 21.0. The quantitative estimate of drug-likeness (QED) is 0.490. The number of carbonyl (C=O) groups is 1. The summed E-state index contributed by atoms with van der Waals surface area (Å²) in [5.74, 6) is 0. The van der Waals surface area contributed by atoms with Crippen LogP contribution in [0.15, 0.2) is 18.3 Å². The van der Waals surface area contributed by atoms with Crippen LogP contribution in [0.4, 0.5) is 16.2 Å². The fraction of sp³-hybridized carbons (Fsp3) is 0.667. The van der Waals surface area contributed by atoms with Crippen molar-refractivity contribution in [1.82, 2.24) is 14.7 Å². The summed E-state index contributed by atoms with van der Waals surface area (Å²) >= 11 is 0. The third kappa shape index (κ3) is 4.43. The molecule has 3 heterocycles. The first-order valence-corrected chi connectivity index (χ1v) is 12.1. The van der Waals surface area contributed by atoms with Crippen molar-refractivity contribution in [2.24, 2.45) is 5.41 Å². The minimum absolute atomic E-state index is 0.119. The summed E-state index contributed by atoms with van der Waals surface area (Å²) in [5, 5.41) is 17.4. The number of morpholine rings is 1. The van der Waals surface area contributed by atoms with Crippen molar-refractivity contribution in [3.05, 3.63) is 28.4 Å². The molecule has 1 aromatic heterocycles. The van der Waals surface area contributed by atoms with E-state index in [2.05, 4.69) is 0 Å². The van der Waals surface area contributed by atoms with Gasteiger partial charge in [-0.05, 0) is 57.9 Å². The van der Waals surface area contributed by atoms with Crippen molar-refractivity contribution in [1.29, 1.82) is 0 Å². The molecule has 184 valence electrons. The molecule has 2 aromatic rings. The number of carbonyl (C=O) groups excluding carboxylic acids is 1. The highest BCUT2D eigenvalue weighted by Crippen LogP contribution is 2.54. The zero-order valence-electron chi connectivity index (χ0n) is 20.2. The number of piperidine rings is 1. The molecule has 1 spiro atoms. The predicted molar refractivity (Wildman–Crippen MR) is 127 cm³/mol. The number of fused-ring (bicyclic) bond motifs is 1. The smallest absolute Gasteiger partial charge is 0.410 e. The molecule has 2 aliphatic heterocycles. The molecule has 5 rings (SSSR count). The number of anilines is 1. The van der Waals surface area contributed by atoms with E-state index in [0.29, 0.717) is 32.0 Å². The molecule has 0 radical (unpaired) electrons. The van der Waals surface area contributed by atoms with Crippen molar-refractivity contribution in [3.63, 3.8) is 0 Å². The fourth-order valence-electron chi connectivity index (χ4n) is 5.48. The number of nitro groups is 1. The van der Waals surface area contributed by atoms with Gasteiger partial charge >= 0.3 is 6.09 Å². The Kier molecular flexibility index (Phi) is 5.66. The topological polar surface area (TPSA) is 103 Å². The van der Waals surface area contributed by atoms with Crippen molar-refractivity contribution < 1.29 is 19.2 Å². The average molecular weight is 472 g/mol. The number of ether oxygens (including phenoxy) is 2. The molecular formula is C24H33N5O5. The Hall–Kier alpha value is -2.88. The van der Waals surface area contributed by atoms with Crippen LogP contribution in [0.1, 0.15) is 52.5 Å². The molecular weight excluding hydrogens is 438 g/mol. The van der Waals surface area contributed by atoms with Gasteiger partial charge in [-0.2, -0.15) is 5.10 Å². The van der Waals surface area contributed by atoms with Crippen LogP contribution in [-0.2, 0) is 9.47 Å². The number of benzene rings is 1. The number of hydrogen-bond donors (Lipinski definition) is 0. The number of amides is 1. The lowest BCUT2D eigenvalue weighted by molar-refractivity contribution is -0.384. The van der Waals surface area contributed by atoms with Gasteiger partial charge in [-0.3, -0.25) is 14.8 Å². The van der Waals surface area contributed by atoms with Gasteiger partial charge in [-0.1, -0.05) is 0 Å². The van der Waals surface area contributed by atoms with E-state index in [9.17, 15) is 14.9 Å². The SMILES string of the molecule is CC(C)(C)OC(=O)N1CCC2(CC1)CC(n1cc3cc([N+](=O)[O-])c(N4CCOCC4)cc3n1)C2. The summed E-state index contributed by atoms with van der Waals surface area (Å²) in [4.78, 5) is 27.6. The summed E-state index contributed by atoms with van der Waals surface area (Å²) in [6.45, 7) is 9.52. The lowest BCUT2D eigenvalue weighted by atomic mass is 9.60. The maximum absolute atomic E-state index is 12.4. The average Bonchev–Trinajstić information content (AvgIpc) is 3.18. The standard InChI is InChI=1S/C24H33N5O5/c1-23(2,3)34-22(30)27-6-4-24(5-7-27)14-18(15-24)28-16-17-12-21(29(31)32)20(13-19(17)25-28)26-8-10-33-11-9-26/h12-13,16,18H,4-11,14-15H2,1-3H3. The second-order valence-corrected chi connectivity index (χ2v) is 10.9. The van der Waals surface area contributed by atoms with Gasteiger partial charge in [-0.15, -0.1) is 0 Å². The molecule has 3 aliphatic rings.